The van der Waals surface area contributed by atoms with E-state index in [2.05, 4.69) is 10.6 Å². The van der Waals surface area contributed by atoms with E-state index in [-0.39, 0.29) is 67.6 Å². The maximum absolute atomic E-state index is 14.1. The number of fused-ring (bicyclic) bond motifs is 4. The first-order chi connectivity index (χ1) is 39.6. The Hall–Kier alpha value is -9.29. The van der Waals surface area contributed by atoms with Gasteiger partial charge in [-0.15, -0.1) is 0 Å². The van der Waals surface area contributed by atoms with Crippen molar-refractivity contribution >= 4 is 76.1 Å². The van der Waals surface area contributed by atoms with Crippen LogP contribution in [0.4, 0.5) is 27.5 Å². The van der Waals surface area contributed by atoms with Gasteiger partial charge in [0, 0.05) is 87.4 Å². The molecule has 7 atom stereocenters. The van der Waals surface area contributed by atoms with E-state index < -0.39 is 54.3 Å². The Labute approximate surface area is 469 Å². The van der Waals surface area contributed by atoms with Crippen LogP contribution in [0.5, 0.6) is 40.2 Å². The van der Waals surface area contributed by atoms with Crippen LogP contribution >= 0.6 is 0 Å². The molecule has 1 fully saturated rings. The molecule has 426 valence electrons. The lowest BCUT2D eigenvalue weighted by atomic mass is 9.81. The standard InChI is InChI=1S/C59H59N7O16/c1-76-38-11-7-32(8-12-38)34-20-37-28-62-44-26-50(48(78-3)23-41(44)57(72)66(37)30-34)80-18-4-17-79-49-25-43-40(22-47(49)77-2)56(71)65-29-33(19-36(65)27-61-43)31-5-9-35(10-6-31)63-59(75)81-39-13-14-46(45(21-39)64-52(67)15-16-60)82-51-24-42(58(73)74)53(68)55(70)54(51)69/h5-14,21-23,25-30,36-37,42,51,53-55,68-70H,4,15-20,24,60H2,1-3H3,(H,63,75)(H,64,67)(H,73,74)/t36-,37-,42?,51+,53+,54?,55?/m0/s1. The molecule has 4 aliphatic heterocycles. The smallest absolute Gasteiger partial charge is 0.417 e. The fourth-order valence-electron chi connectivity index (χ4n) is 10.2. The van der Waals surface area contributed by atoms with Gasteiger partial charge in [0.2, 0.25) is 5.91 Å². The molecule has 10 rings (SSSR count). The number of ether oxygens (including phenoxy) is 7. The van der Waals surface area contributed by atoms with Crippen molar-refractivity contribution in [1.29, 1.82) is 0 Å². The number of hydrogen-bond acceptors (Lipinski definition) is 18. The zero-order chi connectivity index (χ0) is 57.8. The second kappa shape index (κ2) is 24.2. The van der Waals surface area contributed by atoms with Crippen LogP contribution in [0.3, 0.4) is 0 Å². The number of rotatable bonds is 19. The van der Waals surface area contributed by atoms with E-state index in [1.165, 1.54) is 32.4 Å². The number of aliphatic imine (C=N–C) groups is 2. The first-order valence-corrected chi connectivity index (χ1v) is 26.3. The molecule has 1 saturated carbocycles. The van der Waals surface area contributed by atoms with Crippen LogP contribution in [0.15, 0.2) is 113 Å². The lowest BCUT2D eigenvalue weighted by Gasteiger charge is -2.38. The van der Waals surface area contributed by atoms with Crippen LogP contribution in [0.1, 0.15) is 63.9 Å². The summed E-state index contributed by atoms with van der Waals surface area (Å²) in [6, 6.07) is 24.6. The number of aliphatic hydroxyl groups is 3. The van der Waals surface area contributed by atoms with E-state index >= 15 is 0 Å². The summed E-state index contributed by atoms with van der Waals surface area (Å²) in [4.78, 5) is 78.2. The van der Waals surface area contributed by atoms with Crippen molar-refractivity contribution < 1.29 is 77.6 Å². The highest BCUT2D eigenvalue weighted by atomic mass is 16.6. The average molecular weight is 1120 g/mol. The second-order valence-electron chi connectivity index (χ2n) is 19.8. The normalized spacial score (nSPS) is 21.3. The van der Waals surface area contributed by atoms with Crippen LogP contribution in [-0.4, -0.2) is 150 Å². The van der Waals surface area contributed by atoms with Gasteiger partial charge >= 0.3 is 12.1 Å². The molecular weight excluding hydrogens is 1060 g/mol. The Kier molecular flexibility index (Phi) is 16.5. The van der Waals surface area contributed by atoms with Crippen LogP contribution in [0.25, 0.3) is 11.1 Å². The molecular formula is C59H59N7O16. The van der Waals surface area contributed by atoms with Gasteiger partial charge in [-0.05, 0) is 70.8 Å². The SMILES string of the molecule is COc1ccc(C2=CN3C(=O)c4cc(OC)c(OCCCOc5cc6c(cc5OC)C(=O)N5C=C(c7ccc(NC(=O)Oc8ccc(O[C@@H]9CC(C(=O)O)[C@@H](O)C(O)C9O)c(NC(=O)CCN)c8)cc7)C[C@H]5C=N6)cc4N=C[C@@H]3C2)cc1. The van der Waals surface area contributed by atoms with E-state index in [1.807, 2.05) is 30.5 Å². The van der Waals surface area contributed by atoms with Crippen molar-refractivity contribution in [3.63, 3.8) is 0 Å². The largest absolute Gasteiger partial charge is 0.497 e. The van der Waals surface area contributed by atoms with Gasteiger partial charge in [-0.1, -0.05) is 24.3 Å². The first kappa shape index (κ1) is 56.0. The quantitative estimate of drug-likeness (QED) is 0.0444. The highest BCUT2D eigenvalue weighted by Gasteiger charge is 2.47. The third-order valence-corrected chi connectivity index (χ3v) is 14.6. The Bertz CT molecular complexity index is 3420. The van der Waals surface area contributed by atoms with Gasteiger partial charge in [-0.3, -0.25) is 34.5 Å². The summed E-state index contributed by atoms with van der Waals surface area (Å²) >= 11 is 0. The summed E-state index contributed by atoms with van der Waals surface area (Å²) in [5, 5.41) is 45.9. The molecule has 0 saturated heterocycles. The fraction of sp³-hybridized carbons (Fsp3) is 0.305. The monoisotopic (exact) mass is 1120 g/mol. The number of benzene rings is 5. The summed E-state index contributed by atoms with van der Waals surface area (Å²) in [5.41, 5.74) is 11.2. The average Bonchev–Trinajstić information content (AvgIpc) is 4.25. The van der Waals surface area contributed by atoms with Crippen LogP contribution in [0.2, 0.25) is 0 Å². The zero-order valence-electron chi connectivity index (χ0n) is 44.7. The van der Waals surface area contributed by atoms with Gasteiger partial charge in [-0.25, -0.2) is 4.79 Å². The van der Waals surface area contributed by atoms with Crippen molar-refractivity contribution in [2.45, 2.75) is 68.6 Å². The maximum Gasteiger partial charge on any atom is 0.417 e. The van der Waals surface area contributed by atoms with E-state index in [0.29, 0.717) is 70.4 Å². The minimum atomic E-state index is -1.82. The Morgan fingerprint density at radius 1 is 0.646 bits per heavy atom. The molecule has 8 N–H and O–H groups in total. The van der Waals surface area contributed by atoms with E-state index in [1.54, 1.807) is 84.1 Å². The number of carbonyl (C=O) groups excluding carboxylic acids is 4. The number of nitrogens with zero attached hydrogens (tertiary/aromatic N) is 4. The van der Waals surface area contributed by atoms with E-state index in [4.69, 9.17) is 48.9 Å². The highest BCUT2D eigenvalue weighted by Crippen LogP contribution is 2.43. The van der Waals surface area contributed by atoms with Gasteiger partial charge in [0.05, 0.1) is 86.8 Å². The van der Waals surface area contributed by atoms with Crippen molar-refractivity contribution in [2.24, 2.45) is 21.6 Å². The number of aliphatic carboxylic acids is 1. The number of carboxylic acids is 1. The second-order valence-corrected chi connectivity index (χ2v) is 19.8. The molecule has 4 heterocycles. The Morgan fingerprint density at radius 2 is 1.20 bits per heavy atom. The fourth-order valence-corrected chi connectivity index (χ4v) is 10.2. The molecule has 4 amide bonds. The van der Waals surface area contributed by atoms with Gasteiger partial charge in [0.25, 0.3) is 11.8 Å². The lowest BCUT2D eigenvalue weighted by Crippen LogP contribution is -2.57. The molecule has 5 aliphatic rings. The highest BCUT2D eigenvalue weighted by molar-refractivity contribution is 6.06. The topological polar surface area (TPSA) is 312 Å². The van der Waals surface area contributed by atoms with Crippen LogP contribution < -0.4 is 49.5 Å². The lowest BCUT2D eigenvalue weighted by molar-refractivity contribution is -0.174. The summed E-state index contributed by atoms with van der Waals surface area (Å²) in [7, 11) is 4.62. The van der Waals surface area contributed by atoms with Gasteiger partial charge in [0.1, 0.15) is 35.6 Å². The molecule has 0 spiro atoms. The Balaban J connectivity index is 0.732. The molecule has 82 heavy (non-hydrogen) atoms. The number of nitrogens with two attached hydrogens (primary N) is 1. The molecule has 0 aromatic heterocycles. The van der Waals surface area contributed by atoms with Crippen LogP contribution in [-0.2, 0) is 9.59 Å². The van der Waals surface area contributed by atoms with Gasteiger partial charge < -0.3 is 74.4 Å². The molecule has 5 aromatic rings. The molecule has 3 unspecified atom stereocenters. The summed E-state index contributed by atoms with van der Waals surface area (Å²) in [6.45, 7) is 0.481. The number of anilines is 2. The molecule has 0 bridgehead atoms. The predicted molar refractivity (Wildman–Crippen MR) is 299 cm³/mol. The predicted octanol–water partition coefficient (Wildman–Crippen LogP) is 6.34. The third-order valence-electron chi connectivity index (χ3n) is 14.6. The van der Waals surface area contributed by atoms with Gasteiger partial charge in [0.15, 0.2) is 23.0 Å². The number of methoxy groups -OCH3 is 3. The third kappa shape index (κ3) is 11.8. The summed E-state index contributed by atoms with van der Waals surface area (Å²) < 4.78 is 40.3. The van der Waals surface area contributed by atoms with Gasteiger partial charge in [-0.2, -0.15) is 0 Å². The number of hydrogen-bond donors (Lipinski definition) is 7. The zero-order valence-corrected chi connectivity index (χ0v) is 44.7. The maximum atomic E-state index is 14.1. The van der Waals surface area contributed by atoms with E-state index in [9.17, 15) is 44.4 Å². The van der Waals surface area contributed by atoms with Crippen LogP contribution in [0, 0.1) is 5.92 Å². The van der Waals surface area contributed by atoms with Crippen molar-refractivity contribution in [3.05, 3.63) is 126 Å². The molecule has 23 nitrogen and oxygen atoms in total. The molecule has 23 heteroatoms. The number of carboxylic acid groups (broad SMARTS) is 1. The number of amides is 4. The Morgan fingerprint density at radius 3 is 1.72 bits per heavy atom. The van der Waals surface area contributed by atoms with E-state index in [0.717, 1.165) is 28.0 Å². The summed E-state index contributed by atoms with van der Waals surface area (Å²) in [5.74, 6) is -1.61. The van der Waals surface area contributed by atoms with Crippen molar-refractivity contribution in [3.8, 4) is 40.2 Å². The number of carbonyl (C=O) groups is 5. The molecule has 0 radical (unpaired) electrons. The molecule has 5 aromatic carbocycles. The molecule has 1 aliphatic carbocycles. The minimum absolute atomic E-state index is 0.00168. The van der Waals surface area contributed by atoms with Crippen molar-refractivity contribution in [2.75, 3.05) is 51.7 Å². The minimum Gasteiger partial charge on any atom is -0.497 e. The number of aliphatic hydroxyl groups excluding tert-OH is 3. The summed E-state index contributed by atoms with van der Waals surface area (Å²) in [6.07, 6.45) is 0.828. The number of nitrogens with one attached hydrogen (secondary N) is 2. The first-order valence-electron chi connectivity index (χ1n) is 26.3. The van der Waals surface area contributed by atoms with Crippen molar-refractivity contribution in [1.82, 2.24) is 9.80 Å².